The zero-order valence-corrected chi connectivity index (χ0v) is 11.1. The molecule has 0 aliphatic carbocycles. The normalized spacial score (nSPS) is 11.9. The van der Waals surface area contributed by atoms with Crippen LogP contribution in [0.2, 0.25) is 0 Å². The van der Waals surface area contributed by atoms with Crippen molar-refractivity contribution in [1.29, 1.82) is 0 Å². The van der Waals surface area contributed by atoms with E-state index in [0.717, 1.165) is 5.56 Å². The van der Waals surface area contributed by atoms with Crippen molar-refractivity contribution in [3.05, 3.63) is 59.4 Å². The van der Waals surface area contributed by atoms with E-state index >= 15 is 0 Å². The third kappa shape index (κ3) is 3.06. The molecule has 0 fully saturated rings. The second kappa shape index (κ2) is 5.61. The molecule has 0 heterocycles. The monoisotopic (exact) mass is 273 g/mol. The molecule has 1 unspecified atom stereocenters. The highest BCUT2D eigenvalue weighted by atomic mass is 19.1. The molecule has 0 aromatic heterocycles. The molecule has 0 saturated heterocycles. The molecule has 2 aromatic rings. The second-order valence-corrected chi connectivity index (χ2v) is 4.58. The number of hydrogen-bond donors (Lipinski definition) is 3. The number of nitrogens with one attached hydrogen (secondary N) is 1. The van der Waals surface area contributed by atoms with Crippen molar-refractivity contribution in [2.75, 3.05) is 11.1 Å². The van der Waals surface area contributed by atoms with Crippen LogP contribution in [0.1, 0.15) is 28.9 Å². The Morgan fingerprint density at radius 1 is 1.20 bits per heavy atom. The van der Waals surface area contributed by atoms with Gasteiger partial charge in [-0.3, -0.25) is 4.79 Å². The van der Waals surface area contributed by atoms with E-state index in [4.69, 9.17) is 11.5 Å². The summed E-state index contributed by atoms with van der Waals surface area (Å²) < 4.78 is 12.9. The molecule has 20 heavy (non-hydrogen) atoms. The fourth-order valence-electron chi connectivity index (χ4n) is 1.90. The first-order chi connectivity index (χ1) is 9.47. The molecule has 1 amide bonds. The van der Waals surface area contributed by atoms with Gasteiger partial charge in [-0.15, -0.1) is 0 Å². The number of nitrogen functional groups attached to an aromatic ring is 1. The van der Waals surface area contributed by atoms with Gasteiger partial charge in [0, 0.05) is 11.6 Å². The molecule has 0 aliphatic heterocycles. The smallest absolute Gasteiger partial charge is 0.248 e. The summed E-state index contributed by atoms with van der Waals surface area (Å²) in [6, 6.07) is 10.9. The first-order valence-corrected chi connectivity index (χ1v) is 6.18. The van der Waals surface area contributed by atoms with Gasteiger partial charge in [-0.05, 0) is 42.8 Å². The van der Waals surface area contributed by atoms with Crippen LogP contribution in [0.25, 0.3) is 0 Å². The number of carbonyl (C=O) groups excluding carboxylic acids is 1. The van der Waals surface area contributed by atoms with Gasteiger partial charge in [0.2, 0.25) is 5.91 Å². The number of primary amides is 1. The van der Waals surface area contributed by atoms with Crippen LogP contribution in [0.5, 0.6) is 0 Å². The lowest BCUT2D eigenvalue weighted by molar-refractivity contribution is 0.100. The van der Waals surface area contributed by atoms with Gasteiger partial charge in [0.1, 0.15) is 5.82 Å². The summed E-state index contributed by atoms with van der Waals surface area (Å²) in [6.45, 7) is 1.92. The van der Waals surface area contributed by atoms with E-state index in [1.54, 1.807) is 30.3 Å². The van der Waals surface area contributed by atoms with Gasteiger partial charge in [0.25, 0.3) is 0 Å². The maximum absolute atomic E-state index is 12.9. The average molecular weight is 273 g/mol. The Hall–Kier alpha value is -2.56. The number of halogens is 1. The number of carbonyl (C=O) groups is 1. The van der Waals surface area contributed by atoms with Crippen LogP contribution in [-0.4, -0.2) is 5.91 Å². The summed E-state index contributed by atoms with van der Waals surface area (Å²) >= 11 is 0. The lowest BCUT2D eigenvalue weighted by Crippen LogP contribution is -2.13. The fourth-order valence-corrected chi connectivity index (χ4v) is 1.90. The van der Waals surface area contributed by atoms with E-state index in [1.165, 1.54) is 12.1 Å². The van der Waals surface area contributed by atoms with Crippen molar-refractivity contribution in [2.24, 2.45) is 5.73 Å². The molecule has 0 radical (unpaired) electrons. The van der Waals surface area contributed by atoms with Crippen molar-refractivity contribution < 1.29 is 9.18 Å². The summed E-state index contributed by atoms with van der Waals surface area (Å²) in [5.74, 6) is -0.793. The van der Waals surface area contributed by atoms with Gasteiger partial charge >= 0.3 is 0 Å². The van der Waals surface area contributed by atoms with Gasteiger partial charge in [0.05, 0.1) is 11.4 Å². The molecular weight excluding hydrogens is 257 g/mol. The summed E-state index contributed by atoms with van der Waals surface area (Å²) in [4.78, 5) is 11.2. The minimum Gasteiger partial charge on any atom is -0.397 e. The summed E-state index contributed by atoms with van der Waals surface area (Å²) in [5, 5.41) is 3.19. The van der Waals surface area contributed by atoms with Crippen molar-refractivity contribution >= 4 is 17.3 Å². The van der Waals surface area contributed by atoms with E-state index in [-0.39, 0.29) is 11.9 Å². The molecule has 4 nitrogen and oxygen atoms in total. The highest BCUT2D eigenvalue weighted by Gasteiger charge is 2.10. The molecule has 2 rings (SSSR count). The molecule has 0 bridgehead atoms. The van der Waals surface area contributed by atoms with Crippen molar-refractivity contribution in [1.82, 2.24) is 0 Å². The minimum atomic E-state index is -0.512. The SMILES string of the molecule is CC(Nc1cc(C(N)=O)ccc1N)c1ccc(F)cc1. The van der Waals surface area contributed by atoms with Crippen LogP contribution >= 0.6 is 0 Å². The molecule has 1 atom stereocenters. The quantitative estimate of drug-likeness (QED) is 0.749. The molecule has 5 N–H and O–H groups in total. The van der Waals surface area contributed by atoms with Crippen LogP contribution in [0, 0.1) is 5.82 Å². The number of hydrogen-bond acceptors (Lipinski definition) is 3. The first-order valence-electron chi connectivity index (χ1n) is 6.18. The van der Waals surface area contributed by atoms with Crippen molar-refractivity contribution in [2.45, 2.75) is 13.0 Å². The molecule has 2 aromatic carbocycles. The predicted molar refractivity (Wildman–Crippen MR) is 77.8 cm³/mol. The maximum atomic E-state index is 12.9. The standard InChI is InChI=1S/C15H16FN3O/c1-9(10-2-5-12(16)6-3-10)19-14-8-11(15(18)20)4-7-13(14)17/h2-9,19H,17H2,1H3,(H2,18,20). The van der Waals surface area contributed by atoms with E-state index in [2.05, 4.69) is 5.32 Å². The van der Waals surface area contributed by atoms with E-state index < -0.39 is 5.91 Å². The van der Waals surface area contributed by atoms with Gasteiger partial charge in [0.15, 0.2) is 0 Å². The Morgan fingerprint density at radius 3 is 2.45 bits per heavy atom. The molecule has 104 valence electrons. The zero-order valence-electron chi connectivity index (χ0n) is 11.1. The molecule has 0 saturated carbocycles. The van der Waals surface area contributed by atoms with Gasteiger partial charge < -0.3 is 16.8 Å². The van der Waals surface area contributed by atoms with Crippen LogP contribution in [-0.2, 0) is 0 Å². The molecule has 0 aliphatic rings. The molecular formula is C15H16FN3O. The Balaban J connectivity index is 2.22. The fraction of sp³-hybridized carbons (Fsp3) is 0.133. The highest BCUT2D eigenvalue weighted by molar-refractivity contribution is 5.94. The maximum Gasteiger partial charge on any atom is 0.248 e. The zero-order chi connectivity index (χ0) is 14.7. The predicted octanol–water partition coefficient (Wildman–Crippen LogP) is 2.68. The van der Waals surface area contributed by atoms with Crippen LogP contribution in [0.3, 0.4) is 0 Å². The summed E-state index contributed by atoms with van der Waals surface area (Å²) in [6.07, 6.45) is 0. The number of benzene rings is 2. The number of anilines is 2. The van der Waals surface area contributed by atoms with Gasteiger partial charge in [-0.1, -0.05) is 12.1 Å². The largest absolute Gasteiger partial charge is 0.397 e. The Labute approximate surface area is 116 Å². The van der Waals surface area contributed by atoms with Crippen molar-refractivity contribution in [3.63, 3.8) is 0 Å². The van der Waals surface area contributed by atoms with Gasteiger partial charge in [-0.25, -0.2) is 4.39 Å². The van der Waals surface area contributed by atoms with Crippen LogP contribution < -0.4 is 16.8 Å². The highest BCUT2D eigenvalue weighted by Crippen LogP contribution is 2.25. The number of rotatable bonds is 4. The minimum absolute atomic E-state index is 0.0824. The molecule has 0 spiro atoms. The average Bonchev–Trinajstić information content (AvgIpc) is 2.41. The van der Waals surface area contributed by atoms with Crippen LogP contribution in [0.15, 0.2) is 42.5 Å². The third-order valence-corrected chi connectivity index (χ3v) is 3.08. The lowest BCUT2D eigenvalue weighted by Gasteiger charge is -2.17. The van der Waals surface area contributed by atoms with Gasteiger partial charge in [-0.2, -0.15) is 0 Å². The Morgan fingerprint density at radius 2 is 1.85 bits per heavy atom. The van der Waals surface area contributed by atoms with Crippen molar-refractivity contribution in [3.8, 4) is 0 Å². The Bertz CT molecular complexity index is 626. The lowest BCUT2D eigenvalue weighted by atomic mass is 10.1. The Kier molecular flexibility index (Phi) is 3.89. The van der Waals surface area contributed by atoms with E-state index in [1.807, 2.05) is 6.92 Å². The summed E-state index contributed by atoms with van der Waals surface area (Å²) in [5.41, 5.74) is 13.5. The molecule has 5 heteroatoms. The summed E-state index contributed by atoms with van der Waals surface area (Å²) in [7, 11) is 0. The second-order valence-electron chi connectivity index (χ2n) is 4.58. The topological polar surface area (TPSA) is 81.1 Å². The number of nitrogens with two attached hydrogens (primary N) is 2. The van der Waals surface area contributed by atoms with E-state index in [9.17, 15) is 9.18 Å². The van der Waals surface area contributed by atoms with E-state index in [0.29, 0.717) is 16.9 Å². The third-order valence-electron chi connectivity index (χ3n) is 3.08. The van der Waals surface area contributed by atoms with Crippen LogP contribution in [0.4, 0.5) is 15.8 Å². The first kappa shape index (κ1) is 13.9. The number of amides is 1.